The standard InChI is InChI=1S/C26H28FN3OS2/c1-5-15-11-16(25(33-15)32-6-2)22-17(14-28)24(29)30(19-10-8-7-9-18(19)27)20-12-26(3,4)13-21(31)23(20)22/h7-11,22H,5-6,12-13,29H2,1-4H3/t22-/m0/s1. The largest absolute Gasteiger partial charge is 0.384 e. The lowest BCUT2D eigenvalue weighted by Gasteiger charge is -2.43. The van der Waals surface area contributed by atoms with Crippen LogP contribution in [-0.4, -0.2) is 11.5 Å². The van der Waals surface area contributed by atoms with E-state index in [0.717, 1.165) is 21.9 Å². The molecule has 0 saturated heterocycles. The number of nitrogens with two attached hydrogens (primary N) is 1. The minimum Gasteiger partial charge on any atom is -0.384 e. The molecule has 0 spiro atoms. The van der Waals surface area contributed by atoms with Crippen LogP contribution in [0.3, 0.4) is 0 Å². The summed E-state index contributed by atoms with van der Waals surface area (Å²) in [6.07, 6.45) is 1.83. The summed E-state index contributed by atoms with van der Waals surface area (Å²) in [6, 6.07) is 10.8. The number of hydrogen-bond donors (Lipinski definition) is 1. The van der Waals surface area contributed by atoms with Crippen LogP contribution < -0.4 is 10.6 Å². The summed E-state index contributed by atoms with van der Waals surface area (Å²) in [6.45, 7) is 8.28. The van der Waals surface area contributed by atoms with E-state index in [-0.39, 0.29) is 22.7 Å². The normalized spacial score (nSPS) is 20.2. The summed E-state index contributed by atoms with van der Waals surface area (Å²) in [5.41, 5.74) is 9.18. The van der Waals surface area contributed by atoms with Gasteiger partial charge in [-0.25, -0.2) is 4.39 Å². The van der Waals surface area contributed by atoms with Crippen molar-refractivity contribution in [3.8, 4) is 6.07 Å². The molecule has 1 aliphatic heterocycles. The van der Waals surface area contributed by atoms with E-state index in [0.29, 0.717) is 29.7 Å². The molecule has 172 valence electrons. The molecular weight excluding hydrogens is 453 g/mol. The molecule has 0 radical (unpaired) electrons. The molecule has 7 heteroatoms. The van der Waals surface area contributed by atoms with Gasteiger partial charge in [0, 0.05) is 22.6 Å². The molecule has 0 bridgehead atoms. The van der Waals surface area contributed by atoms with Crippen LogP contribution in [0.5, 0.6) is 0 Å². The highest BCUT2D eigenvalue weighted by Crippen LogP contribution is 2.52. The van der Waals surface area contributed by atoms with Gasteiger partial charge >= 0.3 is 0 Å². The highest BCUT2D eigenvalue weighted by molar-refractivity contribution is 8.01. The number of para-hydroxylation sites is 1. The minimum absolute atomic E-state index is 0.00420. The van der Waals surface area contributed by atoms with Gasteiger partial charge < -0.3 is 5.73 Å². The van der Waals surface area contributed by atoms with Crippen LogP contribution in [0.15, 0.2) is 57.2 Å². The number of ketones is 1. The molecule has 2 aromatic rings. The van der Waals surface area contributed by atoms with Gasteiger partial charge in [-0.05, 0) is 47.8 Å². The van der Waals surface area contributed by atoms with Crippen LogP contribution in [0.2, 0.25) is 0 Å². The van der Waals surface area contributed by atoms with Crippen LogP contribution in [0.1, 0.15) is 56.9 Å². The van der Waals surface area contributed by atoms with Crippen LogP contribution in [0.4, 0.5) is 10.1 Å². The van der Waals surface area contributed by atoms with Crippen LogP contribution in [0, 0.1) is 22.6 Å². The first-order valence-corrected chi connectivity index (χ1v) is 13.0. The minimum atomic E-state index is -0.526. The van der Waals surface area contributed by atoms with Crippen molar-refractivity contribution in [2.24, 2.45) is 11.1 Å². The number of carbonyl (C=O) groups is 1. The van der Waals surface area contributed by atoms with Crippen molar-refractivity contribution < 1.29 is 9.18 Å². The topological polar surface area (TPSA) is 70.1 Å². The average Bonchev–Trinajstić information content (AvgIpc) is 3.16. The molecule has 33 heavy (non-hydrogen) atoms. The van der Waals surface area contributed by atoms with Gasteiger partial charge in [-0.3, -0.25) is 9.69 Å². The van der Waals surface area contributed by atoms with E-state index in [1.165, 1.54) is 10.9 Å². The van der Waals surface area contributed by atoms with Crippen LogP contribution >= 0.6 is 23.1 Å². The van der Waals surface area contributed by atoms with Gasteiger partial charge in [0.2, 0.25) is 0 Å². The van der Waals surface area contributed by atoms with E-state index < -0.39 is 11.7 Å². The Bertz CT molecular complexity index is 1220. The maximum atomic E-state index is 14.9. The highest BCUT2D eigenvalue weighted by Gasteiger charge is 2.45. The van der Waals surface area contributed by atoms with Crippen molar-refractivity contribution in [2.75, 3.05) is 10.7 Å². The number of rotatable bonds is 5. The second kappa shape index (κ2) is 9.00. The molecule has 2 aliphatic rings. The van der Waals surface area contributed by atoms with Crippen LogP contribution in [-0.2, 0) is 11.2 Å². The van der Waals surface area contributed by atoms with E-state index in [9.17, 15) is 14.4 Å². The molecule has 1 aromatic carbocycles. The second-order valence-corrected chi connectivity index (χ2v) is 11.8. The molecule has 4 nitrogen and oxygen atoms in total. The number of thiophene rings is 1. The van der Waals surface area contributed by atoms with Gasteiger partial charge in [0.05, 0.1) is 27.5 Å². The third-order valence-corrected chi connectivity index (χ3v) is 8.67. The number of Topliss-reactive ketones (excluding diaryl/α,β-unsaturated/α-hetero) is 1. The Morgan fingerprint density at radius 2 is 2.03 bits per heavy atom. The first-order chi connectivity index (χ1) is 15.7. The fraction of sp³-hybridized carbons (Fsp3) is 0.385. The number of halogens is 1. The predicted octanol–water partition coefficient (Wildman–Crippen LogP) is 6.50. The van der Waals surface area contributed by atoms with Crippen molar-refractivity contribution in [1.29, 1.82) is 5.26 Å². The number of nitriles is 1. The number of aryl methyl sites for hydroxylation is 1. The lowest BCUT2D eigenvalue weighted by Crippen LogP contribution is -2.42. The summed E-state index contributed by atoms with van der Waals surface area (Å²) in [4.78, 5) is 16.5. The Balaban J connectivity index is 2.03. The van der Waals surface area contributed by atoms with Crippen molar-refractivity contribution in [1.82, 2.24) is 0 Å². The number of nitrogens with zero attached hydrogens (tertiary/aromatic N) is 2. The molecule has 2 N–H and O–H groups in total. The molecule has 1 aromatic heterocycles. The van der Waals surface area contributed by atoms with Crippen molar-refractivity contribution >= 4 is 34.6 Å². The Morgan fingerprint density at radius 1 is 1.30 bits per heavy atom. The zero-order chi connectivity index (χ0) is 23.9. The van der Waals surface area contributed by atoms with E-state index in [1.54, 1.807) is 46.2 Å². The van der Waals surface area contributed by atoms with E-state index >= 15 is 0 Å². The number of carbonyl (C=O) groups excluding carboxylic acids is 1. The van der Waals surface area contributed by atoms with Gasteiger partial charge in [-0.1, -0.05) is 39.8 Å². The summed E-state index contributed by atoms with van der Waals surface area (Å²) >= 11 is 3.44. The molecule has 4 rings (SSSR count). The zero-order valence-corrected chi connectivity index (χ0v) is 21.0. The fourth-order valence-electron chi connectivity index (χ4n) is 4.79. The Kier molecular flexibility index (Phi) is 6.43. The second-order valence-electron chi connectivity index (χ2n) is 9.17. The highest BCUT2D eigenvalue weighted by atomic mass is 32.2. The smallest absolute Gasteiger partial charge is 0.162 e. The molecule has 0 amide bonds. The Hall–Kier alpha value is -2.56. The molecule has 1 atom stereocenters. The summed E-state index contributed by atoms with van der Waals surface area (Å²) in [5, 5.41) is 10.2. The zero-order valence-electron chi connectivity index (χ0n) is 19.4. The first-order valence-electron chi connectivity index (χ1n) is 11.2. The monoisotopic (exact) mass is 481 g/mol. The quantitative estimate of drug-likeness (QED) is 0.494. The number of thioether (sulfide) groups is 1. The van der Waals surface area contributed by atoms with Crippen LogP contribution in [0.25, 0.3) is 0 Å². The third kappa shape index (κ3) is 4.11. The summed E-state index contributed by atoms with van der Waals surface area (Å²) in [5.74, 6) is 0.129. The van der Waals surface area contributed by atoms with E-state index in [4.69, 9.17) is 5.73 Å². The Labute approximate surface area is 203 Å². The molecule has 0 saturated carbocycles. The predicted molar refractivity (Wildman–Crippen MR) is 134 cm³/mol. The van der Waals surface area contributed by atoms with Gasteiger partial charge in [0.15, 0.2) is 5.78 Å². The van der Waals surface area contributed by atoms with Gasteiger partial charge in [0.25, 0.3) is 0 Å². The molecule has 1 aliphatic carbocycles. The maximum absolute atomic E-state index is 14.9. The lowest BCUT2D eigenvalue weighted by molar-refractivity contribution is -0.118. The van der Waals surface area contributed by atoms with Crippen molar-refractivity contribution in [3.05, 3.63) is 69.3 Å². The molecule has 2 heterocycles. The number of hydrogen-bond acceptors (Lipinski definition) is 6. The average molecular weight is 482 g/mol. The van der Waals surface area contributed by atoms with Crippen molar-refractivity contribution in [3.63, 3.8) is 0 Å². The summed E-state index contributed by atoms with van der Waals surface area (Å²) < 4.78 is 16.1. The van der Waals surface area contributed by atoms with Gasteiger partial charge in [-0.2, -0.15) is 5.26 Å². The third-order valence-electron chi connectivity index (χ3n) is 6.19. The molecular formula is C26H28FN3OS2. The van der Waals surface area contributed by atoms with E-state index in [2.05, 4.69) is 26.0 Å². The molecule has 0 fully saturated rings. The van der Waals surface area contributed by atoms with Gasteiger partial charge in [-0.15, -0.1) is 23.1 Å². The van der Waals surface area contributed by atoms with E-state index in [1.807, 2.05) is 13.8 Å². The number of allylic oxidation sites excluding steroid dienone is 3. The fourth-order valence-corrected chi connectivity index (χ4v) is 7.17. The Morgan fingerprint density at radius 3 is 2.67 bits per heavy atom. The summed E-state index contributed by atoms with van der Waals surface area (Å²) in [7, 11) is 0. The maximum Gasteiger partial charge on any atom is 0.162 e. The first kappa shape index (κ1) is 23.6. The SMILES string of the molecule is CCSc1sc(CC)cc1[C@H]1C(C#N)=C(N)N(c2ccccc2F)C2=C1C(=O)CC(C)(C)C2. The van der Waals surface area contributed by atoms with Crippen molar-refractivity contribution in [2.45, 2.75) is 57.1 Å². The lowest BCUT2D eigenvalue weighted by atomic mass is 9.69. The molecule has 0 unspecified atom stereocenters. The van der Waals surface area contributed by atoms with Gasteiger partial charge in [0.1, 0.15) is 11.6 Å². The number of anilines is 1. The number of benzene rings is 1.